The lowest BCUT2D eigenvalue weighted by molar-refractivity contribution is 0.0708. The molecular formula is C17H21ClN6O. The summed E-state index contributed by atoms with van der Waals surface area (Å²) in [6.07, 6.45) is 7.37. The summed E-state index contributed by atoms with van der Waals surface area (Å²) in [5.74, 6) is 0.413. The number of rotatable bonds is 5. The molecule has 2 aromatic rings. The molecule has 1 atom stereocenters. The number of anilines is 1. The van der Waals surface area contributed by atoms with E-state index in [9.17, 15) is 4.79 Å². The fourth-order valence-electron chi connectivity index (χ4n) is 2.82. The average Bonchev–Trinajstić information content (AvgIpc) is 2.63. The number of halogens is 1. The topological polar surface area (TPSA) is 97.0 Å². The lowest BCUT2D eigenvalue weighted by Gasteiger charge is -2.30. The fourth-order valence-corrected chi connectivity index (χ4v) is 3.04. The van der Waals surface area contributed by atoms with Crippen molar-refractivity contribution < 1.29 is 4.79 Å². The van der Waals surface area contributed by atoms with Crippen LogP contribution in [0, 0.1) is 0 Å². The predicted molar refractivity (Wildman–Crippen MR) is 96.6 cm³/mol. The molecule has 1 saturated heterocycles. The molecule has 1 aliphatic heterocycles. The number of carbonyl (C=O) groups is 1. The number of piperidine rings is 1. The second kappa shape index (κ2) is 8.22. The third-order valence-corrected chi connectivity index (χ3v) is 4.50. The van der Waals surface area contributed by atoms with Crippen molar-refractivity contribution in [2.75, 3.05) is 25.0 Å². The second-order valence-electron chi connectivity index (χ2n) is 6.08. The van der Waals surface area contributed by atoms with Crippen LogP contribution >= 0.6 is 11.6 Å². The highest BCUT2D eigenvalue weighted by Gasteiger charge is 2.22. The number of carbonyl (C=O) groups excluding carboxylic acids is 1. The molecule has 0 radical (unpaired) electrons. The number of hydrogen-bond donors (Lipinski definition) is 2. The van der Waals surface area contributed by atoms with Gasteiger partial charge in [-0.05, 0) is 30.9 Å². The zero-order valence-electron chi connectivity index (χ0n) is 13.9. The molecule has 1 fully saturated rings. The average molecular weight is 361 g/mol. The van der Waals surface area contributed by atoms with Crippen LogP contribution in [0.25, 0.3) is 0 Å². The molecule has 1 unspecified atom stereocenters. The first-order chi connectivity index (χ1) is 12.1. The lowest BCUT2D eigenvalue weighted by atomic mass is 10.1. The molecule has 132 valence electrons. The molecule has 1 amide bonds. The van der Waals surface area contributed by atoms with Gasteiger partial charge in [-0.25, -0.2) is 15.0 Å². The number of hydrogen-bond acceptors (Lipinski definition) is 6. The minimum atomic E-state index is -0.0659. The zero-order valence-corrected chi connectivity index (χ0v) is 14.6. The minimum Gasteiger partial charge on any atom is -0.354 e. The molecule has 25 heavy (non-hydrogen) atoms. The Kier molecular flexibility index (Phi) is 5.78. The predicted octanol–water partition coefficient (Wildman–Crippen LogP) is 1.74. The molecule has 3 heterocycles. The summed E-state index contributed by atoms with van der Waals surface area (Å²) in [7, 11) is 0. The van der Waals surface area contributed by atoms with Crippen molar-refractivity contribution in [3.8, 4) is 0 Å². The molecule has 0 aromatic carbocycles. The fraction of sp³-hybridized carbons (Fsp3) is 0.412. The summed E-state index contributed by atoms with van der Waals surface area (Å²) < 4.78 is 0. The maximum atomic E-state index is 12.4. The number of likely N-dealkylation sites (tertiary alicyclic amines) is 1. The van der Waals surface area contributed by atoms with Gasteiger partial charge in [0.15, 0.2) is 0 Å². The Bertz CT molecular complexity index is 723. The van der Waals surface area contributed by atoms with Crippen LogP contribution in [0.4, 0.5) is 5.95 Å². The van der Waals surface area contributed by atoms with Gasteiger partial charge >= 0.3 is 0 Å². The summed E-state index contributed by atoms with van der Waals surface area (Å²) in [6, 6.07) is 3.84. The number of amides is 1. The number of nitrogens with zero attached hydrogens (tertiary/aromatic N) is 4. The van der Waals surface area contributed by atoms with Crippen molar-refractivity contribution in [1.29, 1.82) is 0 Å². The van der Waals surface area contributed by atoms with E-state index in [1.807, 2.05) is 12.1 Å². The van der Waals surface area contributed by atoms with Crippen LogP contribution in [0.5, 0.6) is 0 Å². The third kappa shape index (κ3) is 4.64. The highest BCUT2D eigenvalue weighted by molar-refractivity contribution is 6.30. The van der Waals surface area contributed by atoms with Gasteiger partial charge in [-0.15, -0.1) is 0 Å². The van der Waals surface area contributed by atoms with Crippen LogP contribution in [0.2, 0.25) is 5.15 Å². The van der Waals surface area contributed by atoms with Crippen LogP contribution in [0.1, 0.15) is 28.8 Å². The number of aromatic nitrogens is 3. The summed E-state index contributed by atoms with van der Waals surface area (Å²) >= 11 is 6.02. The van der Waals surface area contributed by atoms with Crippen molar-refractivity contribution in [3.63, 3.8) is 0 Å². The number of nitrogens with one attached hydrogen (secondary N) is 1. The smallest absolute Gasteiger partial charge is 0.257 e. The van der Waals surface area contributed by atoms with Gasteiger partial charge < -0.3 is 16.0 Å². The van der Waals surface area contributed by atoms with Crippen molar-refractivity contribution in [3.05, 3.63) is 47.0 Å². The summed E-state index contributed by atoms with van der Waals surface area (Å²) in [5, 5.41) is 3.63. The maximum absolute atomic E-state index is 12.4. The Morgan fingerprint density at radius 3 is 2.88 bits per heavy atom. The molecule has 0 saturated carbocycles. The highest BCUT2D eigenvalue weighted by atomic mass is 35.5. The van der Waals surface area contributed by atoms with Gasteiger partial charge in [0.2, 0.25) is 5.95 Å². The molecule has 1 aliphatic rings. The van der Waals surface area contributed by atoms with Crippen LogP contribution in [0.15, 0.2) is 30.7 Å². The van der Waals surface area contributed by atoms with Crippen LogP contribution in [-0.2, 0) is 6.42 Å². The van der Waals surface area contributed by atoms with Crippen molar-refractivity contribution in [2.24, 2.45) is 5.73 Å². The van der Waals surface area contributed by atoms with E-state index in [4.69, 9.17) is 17.3 Å². The Morgan fingerprint density at radius 1 is 1.36 bits per heavy atom. The Morgan fingerprint density at radius 2 is 2.16 bits per heavy atom. The van der Waals surface area contributed by atoms with E-state index in [1.54, 1.807) is 23.5 Å². The van der Waals surface area contributed by atoms with E-state index in [-0.39, 0.29) is 11.9 Å². The largest absolute Gasteiger partial charge is 0.354 e. The Labute approximate surface area is 151 Å². The first-order valence-electron chi connectivity index (χ1n) is 8.33. The molecular weight excluding hydrogens is 340 g/mol. The van der Waals surface area contributed by atoms with Crippen LogP contribution < -0.4 is 11.1 Å². The monoisotopic (exact) mass is 360 g/mol. The highest BCUT2D eigenvalue weighted by Crippen LogP contribution is 2.14. The SMILES string of the molecule is NC1CCCN(C(=O)c2cnc(NCCc3cccnc3Cl)nc2)C1. The molecule has 0 spiro atoms. The van der Waals surface area contributed by atoms with Crippen molar-refractivity contribution in [2.45, 2.75) is 25.3 Å². The minimum absolute atomic E-state index is 0.0545. The standard InChI is InChI=1S/C17H21ClN6O/c18-15-12(3-1-6-20-15)5-7-21-17-22-9-13(10-23-17)16(25)24-8-2-4-14(19)11-24/h1,3,6,9-10,14H,2,4-5,7-8,11,19H2,(H,21,22,23). The van der Waals surface area contributed by atoms with E-state index in [0.717, 1.165) is 24.9 Å². The molecule has 0 bridgehead atoms. The molecule has 8 heteroatoms. The molecule has 2 aromatic heterocycles. The third-order valence-electron chi connectivity index (χ3n) is 4.16. The quantitative estimate of drug-likeness (QED) is 0.788. The van der Waals surface area contributed by atoms with Gasteiger partial charge in [0.05, 0.1) is 5.56 Å². The molecule has 3 rings (SSSR count). The van der Waals surface area contributed by atoms with Crippen LogP contribution in [-0.4, -0.2) is 51.4 Å². The lowest BCUT2D eigenvalue weighted by Crippen LogP contribution is -2.45. The first-order valence-corrected chi connectivity index (χ1v) is 8.71. The first kappa shape index (κ1) is 17.6. The van der Waals surface area contributed by atoms with Gasteiger partial charge in [0.25, 0.3) is 5.91 Å². The number of pyridine rings is 1. The van der Waals surface area contributed by atoms with Gasteiger partial charge in [-0.2, -0.15) is 0 Å². The normalized spacial score (nSPS) is 17.4. The van der Waals surface area contributed by atoms with E-state index in [1.165, 1.54) is 0 Å². The van der Waals surface area contributed by atoms with Gasteiger partial charge in [-0.1, -0.05) is 17.7 Å². The summed E-state index contributed by atoms with van der Waals surface area (Å²) in [5.41, 5.74) is 7.37. The van der Waals surface area contributed by atoms with Crippen molar-refractivity contribution >= 4 is 23.5 Å². The maximum Gasteiger partial charge on any atom is 0.257 e. The van der Waals surface area contributed by atoms with E-state index < -0.39 is 0 Å². The van der Waals surface area contributed by atoms with Gasteiger partial charge in [0.1, 0.15) is 5.15 Å². The zero-order chi connectivity index (χ0) is 17.6. The molecule has 3 N–H and O–H groups in total. The van der Waals surface area contributed by atoms with Crippen LogP contribution in [0.3, 0.4) is 0 Å². The number of nitrogens with two attached hydrogens (primary N) is 1. The van der Waals surface area contributed by atoms with E-state index >= 15 is 0 Å². The Balaban J connectivity index is 1.53. The van der Waals surface area contributed by atoms with Gasteiger partial charge in [0, 0.05) is 44.3 Å². The summed E-state index contributed by atoms with van der Waals surface area (Å²) in [4.78, 5) is 26.7. The molecule has 0 aliphatic carbocycles. The van der Waals surface area contributed by atoms with Gasteiger partial charge in [-0.3, -0.25) is 4.79 Å². The Hall–Kier alpha value is -2.25. The molecule has 7 nitrogen and oxygen atoms in total. The van der Waals surface area contributed by atoms with Crippen molar-refractivity contribution in [1.82, 2.24) is 19.9 Å². The van der Waals surface area contributed by atoms with E-state index in [0.29, 0.717) is 36.2 Å². The summed E-state index contributed by atoms with van der Waals surface area (Å²) in [6.45, 7) is 1.95. The van der Waals surface area contributed by atoms with E-state index in [2.05, 4.69) is 20.3 Å². The second-order valence-corrected chi connectivity index (χ2v) is 6.44.